The van der Waals surface area contributed by atoms with E-state index in [0.717, 1.165) is 19.4 Å². The largest absolute Gasteiger partial charge is 0.396 e. The van der Waals surface area contributed by atoms with E-state index in [-0.39, 0.29) is 17.9 Å². The van der Waals surface area contributed by atoms with Crippen molar-refractivity contribution in [3.63, 3.8) is 0 Å². The smallest absolute Gasteiger partial charge is 0.218 e. The molecule has 0 saturated heterocycles. The fraction of sp³-hybridized carbons (Fsp3) is 0.900. The molecule has 0 saturated carbocycles. The quantitative estimate of drug-likeness (QED) is 0.494. The third-order valence-electron chi connectivity index (χ3n) is 2.16. The van der Waals surface area contributed by atoms with Gasteiger partial charge in [0.05, 0.1) is 0 Å². The maximum atomic E-state index is 10.4. The molecule has 0 fully saturated rings. The van der Waals surface area contributed by atoms with Gasteiger partial charge in [-0.3, -0.25) is 4.79 Å². The summed E-state index contributed by atoms with van der Waals surface area (Å²) in [6.45, 7) is 6.00. The Labute approximate surface area is 85.9 Å². The van der Waals surface area contributed by atoms with E-state index < -0.39 is 0 Å². The van der Waals surface area contributed by atoms with Gasteiger partial charge in [0.15, 0.2) is 0 Å². The number of aliphatic hydroxyl groups excluding tert-OH is 1. The molecule has 0 spiro atoms. The summed E-state index contributed by atoms with van der Waals surface area (Å²) < 4.78 is 0. The fourth-order valence-electron chi connectivity index (χ4n) is 1.28. The minimum absolute atomic E-state index is 0.167. The Morgan fingerprint density at radius 2 is 2.14 bits per heavy atom. The van der Waals surface area contributed by atoms with Crippen LogP contribution in [0.3, 0.4) is 0 Å². The first-order valence-electron chi connectivity index (χ1n) is 5.08. The minimum Gasteiger partial charge on any atom is -0.396 e. The first-order chi connectivity index (χ1) is 6.48. The third kappa shape index (κ3) is 8.01. The van der Waals surface area contributed by atoms with Crippen LogP contribution in [0, 0.1) is 5.41 Å². The molecular formula is C10H22N2O2. The molecule has 0 aromatic rings. The van der Waals surface area contributed by atoms with E-state index in [1.54, 1.807) is 0 Å². The van der Waals surface area contributed by atoms with Crippen LogP contribution in [0.2, 0.25) is 0 Å². The maximum Gasteiger partial charge on any atom is 0.218 e. The molecule has 0 aliphatic heterocycles. The number of nitrogens with two attached hydrogens (primary N) is 1. The van der Waals surface area contributed by atoms with Crippen molar-refractivity contribution in [2.75, 3.05) is 19.7 Å². The van der Waals surface area contributed by atoms with Crippen molar-refractivity contribution in [2.24, 2.45) is 11.1 Å². The zero-order valence-electron chi connectivity index (χ0n) is 9.18. The highest BCUT2D eigenvalue weighted by molar-refractivity contribution is 5.73. The van der Waals surface area contributed by atoms with Crippen molar-refractivity contribution < 1.29 is 9.90 Å². The van der Waals surface area contributed by atoms with Crippen LogP contribution in [0.4, 0.5) is 0 Å². The first-order valence-corrected chi connectivity index (χ1v) is 5.08. The molecular weight excluding hydrogens is 180 g/mol. The van der Waals surface area contributed by atoms with Gasteiger partial charge in [0, 0.05) is 26.1 Å². The normalized spacial score (nSPS) is 11.6. The van der Waals surface area contributed by atoms with Gasteiger partial charge in [0.2, 0.25) is 5.91 Å². The topological polar surface area (TPSA) is 75.3 Å². The summed E-state index contributed by atoms with van der Waals surface area (Å²) in [6.07, 6.45) is 2.19. The molecule has 84 valence electrons. The van der Waals surface area contributed by atoms with Gasteiger partial charge < -0.3 is 16.2 Å². The lowest BCUT2D eigenvalue weighted by atomic mass is 9.88. The average Bonchev–Trinajstić information content (AvgIpc) is 2.09. The molecule has 14 heavy (non-hydrogen) atoms. The van der Waals surface area contributed by atoms with E-state index in [4.69, 9.17) is 10.8 Å². The van der Waals surface area contributed by atoms with Gasteiger partial charge in [-0.05, 0) is 18.3 Å². The van der Waals surface area contributed by atoms with Crippen LogP contribution >= 0.6 is 0 Å². The average molecular weight is 202 g/mol. The monoisotopic (exact) mass is 202 g/mol. The Morgan fingerprint density at radius 3 is 2.64 bits per heavy atom. The highest BCUT2D eigenvalue weighted by Gasteiger charge is 2.16. The second kappa shape index (κ2) is 6.79. The highest BCUT2D eigenvalue weighted by atomic mass is 16.2. The summed E-state index contributed by atoms with van der Waals surface area (Å²) >= 11 is 0. The van der Waals surface area contributed by atoms with Gasteiger partial charge >= 0.3 is 0 Å². The van der Waals surface area contributed by atoms with Crippen molar-refractivity contribution >= 4 is 5.91 Å². The van der Waals surface area contributed by atoms with Crippen molar-refractivity contribution in [1.82, 2.24) is 5.32 Å². The van der Waals surface area contributed by atoms with E-state index in [1.807, 2.05) is 0 Å². The number of hydrogen-bond donors (Lipinski definition) is 3. The van der Waals surface area contributed by atoms with E-state index in [9.17, 15) is 4.79 Å². The highest BCUT2D eigenvalue weighted by Crippen LogP contribution is 2.20. The second-order valence-electron chi connectivity index (χ2n) is 4.38. The molecule has 4 nitrogen and oxygen atoms in total. The second-order valence-corrected chi connectivity index (χ2v) is 4.38. The molecule has 0 aliphatic rings. The van der Waals surface area contributed by atoms with Crippen molar-refractivity contribution in [3.8, 4) is 0 Å². The summed E-state index contributed by atoms with van der Waals surface area (Å²) in [7, 11) is 0. The number of aliphatic hydroxyl groups is 1. The summed E-state index contributed by atoms with van der Waals surface area (Å²) in [5.41, 5.74) is 5.18. The molecule has 4 heteroatoms. The Morgan fingerprint density at radius 1 is 1.50 bits per heavy atom. The number of carbonyl (C=O) groups excluding carboxylic acids is 1. The Balaban J connectivity index is 3.49. The predicted molar refractivity (Wildman–Crippen MR) is 56.8 cm³/mol. The lowest BCUT2D eigenvalue weighted by Gasteiger charge is -2.24. The van der Waals surface area contributed by atoms with Crippen LogP contribution in [0.25, 0.3) is 0 Å². The molecule has 0 aromatic carbocycles. The van der Waals surface area contributed by atoms with Gasteiger partial charge in [-0.15, -0.1) is 0 Å². The number of carbonyl (C=O) groups is 1. The molecule has 0 rings (SSSR count). The van der Waals surface area contributed by atoms with Crippen LogP contribution < -0.4 is 11.1 Å². The summed E-state index contributed by atoms with van der Waals surface area (Å²) in [4.78, 5) is 10.4. The Kier molecular flexibility index (Phi) is 6.49. The Hall–Kier alpha value is -0.610. The van der Waals surface area contributed by atoms with Crippen LogP contribution in [-0.4, -0.2) is 30.7 Å². The summed E-state index contributed by atoms with van der Waals surface area (Å²) in [6, 6.07) is 0. The molecule has 1 amide bonds. The van der Waals surface area contributed by atoms with Crippen molar-refractivity contribution in [3.05, 3.63) is 0 Å². The first kappa shape index (κ1) is 13.4. The molecule has 0 atom stereocenters. The van der Waals surface area contributed by atoms with Gasteiger partial charge in [0.25, 0.3) is 0 Å². The number of nitrogens with one attached hydrogen (secondary N) is 1. The van der Waals surface area contributed by atoms with Crippen LogP contribution in [-0.2, 0) is 4.79 Å². The molecule has 0 bridgehead atoms. The molecule has 0 aliphatic carbocycles. The standard InChI is InChI=1S/C10H22N2O2/c1-10(2,5-3-7-13)8-12-6-4-9(11)14/h12-13H,3-8H2,1-2H3,(H2,11,14). The maximum absolute atomic E-state index is 10.4. The van der Waals surface area contributed by atoms with E-state index in [1.165, 1.54) is 0 Å². The van der Waals surface area contributed by atoms with E-state index in [0.29, 0.717) is 13.0 Å². The van der Waals surface area contributed by atoms with Gasteiger partial charge in [-0.25, -0.2) is 0 Å². The van der Waals surface area contributed by atoms with E-state index >= 15 is 0 Å². The molecule has 0 aromatic heterocycles. The van der Waals surface area contributed by atoms with Crippen molar-refractivity contribution in [2.45, 2.75) is 33.1 Å². The number of rotatable bonds is 8. The molecule has 0 unspecified atom stereocenters. The van der Waals surface area contributed by atoms with Crippen LogP contribution in [0.15, 0.2) is 0 Å². The SMILES string of the molecule is CC(C)(CCCO)CNCCC(N)=O. The zero-order valence-corrected chi connectivity index (χ0v) is 9.18. The minimum atomic E-state index is -0.273. The molecule has 0 heterocycles. The van der Waals surface area contributed by atoms with Crippen LogP contribution in [0.1, 0.15) is 33.1 Å². The predicted octanol–water partition coefficient (Wildman–Crippen LogP) is 0.250. The zero-order chi connectivity index (χ0) is 11.0. The summed E-state index contributed by atoms with van der Waals surface area (Å²) in [5.74, 6) is -0.273. The van der Waals surface area contributed by atoms with Gasteiger partial charge in [0.1, 0.15) is 0 Å². The van der Waals surface area contributed by atoms with Gasteiger partial charge in [-0.2, -0.15) is 0 Å². The summed E-state index contributed by atoms with van der Waals surface area (Å²) in [5, 5.41) is 11.9. The third-order valence-corrected chi connectivity index (χ3v) is 2.16. The number of primary amides is 1. The number of amides is 1. The van der Waals surface area contributed by atoms with Crippen LogP contribution in [0.5, 0.6) is 0 Å². The lowest BCUT2D eigenvalue weighted by molar-refractivity contribution is -0.117. The number of hydrogen-bond acceptors (Lipinski definition) is 3. The van der Waals surface area contributed by atoms with E-state index in [2.05, 4.69) is 19.2 Å². The lowest BCUT2D eigenvalue weighted by Crippen LogP contribution is -2.32. The molecule has 4 N–H and O–H groups in total. The Bertz CT molecular complexity index is 170. The molecule has 0 radical (unpaired) electrons. The van der Waals surface area contributed by atoms with Gasteiger partial charge in [-0.1, -0.05) is 13.8 Å². The fourth-order valence-corrected chi connectivity index (χ4v) is 1.28. The van der Waals surface area contributed by atoms with Crippen molar-refractivity contribution in [1.29, 1.82) is 0 Å².